The topological polar surface area (TPSA) is 95.0 Å². The van der Waals surface area contributed by atoms with Crippen molar-refractivity contribution in [2.45, 2.75) is 10.6 Å². The Hall–Kier alpha value is -1.42. The van der Waals surface area contributed by atoms with E-state index in [1.165, 1.54) is 10.4 Å². The predicted molar refractivity (Wildman–Crippen MR) is 100 cm³/mol. The summed E-state index contributed by atoms with van der Waals surface area (Å²) in [6, 6.07) is 3.03. The summed E-state index contributed by atoms with van der Waals surface area (Å²) in [6.07, 6.45) is 4.57. The molecule has 27 heavy (non-hydrogen) atoms. The van der Waals surface area contributed by atoms with Crippen molar-refractivity contribution in [3.63, 3.8) is 0 Å². The van der Waals surface area contributed by atoms with E-state index in [1.54, 1.807) is 11.0 Å². The fourth-order valence-corrected chi connectivity index (χ4v) is 7.48. The van der Waals surface area contributed by atoms with E-state index < -0.39 is 27.8 Å². The third kappa shape index (κ3) is 3.20. The van der Waals surface area contributed by atoms with Crippen LogP contribution in [-0.2, 0) is 19.6 Å². The molecule has 1 aromatic rings. The van der Waals surface area contributed by atoms with Gasteiger partial charge in [-0.2, -0.15) is 4.31 Å². The Bertz CT molecular complexity index is 904. The molecule has 1 amide bonds. The molecule has 0 radical (unpaired) electrons. The van der Waals surface area contributed by atoms with E-state index in [0.717, 1.165) is 11.3 Å². The van der Waals surface area contributed by atoms with Gasteiger partial charge in [0.05, 0.1) is 16.2 Å². The highest BCUT2D eigenvalue weighted by molar-refractivity contribution is 7.91. The molecule has 0 unspecified atom stereocenters. The minimum Gasteiger partial charge on any atom is -0.481 e. The molecule has 2 aliphatic carbocycles. The summed E-state index contributed by atoms with van der Waals surface area (Å²) in [5.41, 5.74) is 0. The highest BCUT2D eigenvalue weighted by Crippen LogP contribution is 2.48. The van der Waals surface area contributed by atoms with Crippen LogP contribution in [0.25, 0.3) is 0 Å². The van der Waals surface area contributed by atoms with Crippen LogP contribution < -0.4 is 0 Å². The first-order valence-corrected chi connectivity index (χ1v) is 11.4. The Morgan fingerprint density at radius 1 is 1.07 bits per heavy atom. The summed E-state index contributed by atoms with van der Waals surface area (Å²) in [7, 11) is -3.62. The van der Waals surface area contributed by atoms with Gasteiger partial charge in [-0.25, -0.2) is 8.42 Å². The van der Waals surface area contributed by atoms with Gasteiger partial charge >= 0.3 is 5.97 Å². The second kappa shape index (κ2) is 6.88. The number of allylic oxidation sites excluding steroid dienone is 2. The van der Waals surface area contributed by atoms with Crippen LogP contribution in [0.5, 0.6) is 0 Å². The fourth-order valence-electron chi connectivity index (χ4n) is 4.42. The van der Waals surface area contributed by atoms with Crippen LogP contribution in [0.2, 0.25) is 4.34 Å². The Morgan fingerprint density at radius 2 is 1.70 bits per heavy atom. The monoisotopic (exact) mass is 430 g/mol. The molecule has 2 heterocycles. The molecule has 146 valence electrons. The lowest BCUT2D eigenvalue weighted by Crippen LogP contribution is -2.53. The van der Waals surface area contributed by atoms with Gasteiger partial charge in [-0.3, -0.25) is 9.59 Å². The maximum Gasteiger partial charge on any atom is 0.307 e. The van der Waals surface area contributed by atoms with Gasteiger partial charge in [0.1, 0.15) is 4.21 Å². The first-order valence-electron chi connectivity index (χ1n) is 8.74. The number of thiophene rings is 1. The zero-order valence-corrected chi connectivity index (χ0v) is 16.7. The molecule has 3 aliphatic rings. The molecule has 7 nitrogen and oxygen atoms in total. The quantitative estimate of drug-likeness (QED) is 0.734. The van der Waals surface area contributed by atoms with E-state index >= 15 is 0 Å². The van der Waals surface area contributed by atoms with Gasteiger partial charge in [0.2, 0.25) is 5.91 Å². The SMILES string of the molecule is O=C(O)[C@@H]1[C@@H](C(=O)N2CCN(S(=O)(=O)c3ccc(Cl)s3)CC2)[C@H]2C=C[C@H]1C2. The van der Waals surface area contributed by atoms with Crippen LogP contribution in [-0.4, -0.2) is 60.8 Å². The number of carbonyl (C=O) groups excluding carboxylic acids is 1. The van der Waals surface area contributed by atoms with Crippen molar-refractivity contribution in [3.05, 3.63) is 28.6 Å². The molecule has 4 atom stereocenters. The number of hydrogen-bond donors (Lipinski definition) is 1. The van der Waals surface area contributed by atoms with Crippen molar-refractivity contribution >= 4 is 44.8 Å². The van der Waals surface area contributed by atoms with Crippen LogP contribution in [0.15, 0.2) is 28.5 Å². The Labute approximate surface area is 166 Å². The molecule has 0 aromatic carbocycles. The lowest BCUT2D eigenvalue weighted by Gasteiger charge is -2.37. The molecular formula is C17H19ClN2O5S2. The number of halogens is 1. The van der Waals surface area contributed by atoms with Gasteiger partial charge in [-0.15, -0.1) is 11.3 Å². The van der Waals surface area contributed by atoms with Crippen LogP contribution in [0.4, 0.5) is 0 Å². The number of rotatable bonds is 4. The maximum absolute atomic E-state index is 13.0. The Kier molecular flexibility index (Phi) is 4.82. The second-order valence-corrected chi connectivity index (χ2v) is 11.0. The number of fused-ring (bicyclic) bond motifs is 2. The minimum atomic E-state index is -3.62. The maximum atomic E-state index is 13.0. The zero-order valence-electron chi connectivity index (χ0n) is 14.3. The summed E-state index contributed by atoms with van der Waals surface area (Å²) in [4.78, 5) is 26.2. The molecule has 1 saturated carbocycles. The van der Waals surface area contributed by atoms with E-state index in [-0.39, 0.29) is 48.1 Å². The first-order chi connectivity index (χ1) is 12.8. The summed E-state index contributed by atoms with van der Waals surface area (Å²) in [6.45, 7) is 0.915. The number of carbonyl (C=O) groups is 2. The molecule has 2 fully saturated rings. The third-order valence-corrected chi connectivity index (χ3v) is 9.32. The fraction of sp³-hybridized carbons (Fsp3) is 0.529. The average molecular weight is 431 g/mol. The molecule has 1 aliphatic heterocycles. The average Bonchev–Trinajstić information content (AvgIpc) is 3.36. The number of sulfonamides is 1. The summed E-state index contributed by atoms with van der Waals surface area (Å²) in [5, 5.41) is 9.53. The van der Waals surface area contributed by atoms with E-state index in [2.05, 4.69) is 0 Å². The summed E-state index contributed by atoms with van der Waals surface area (Å²) in [5.74, 6) is -2.43. The smallest absolute Gasteiger partial charge is 0.307 e. The summed E-state index contributed by atoms with van der Waals surface area (Å²) < 4.78 is 27.3. The van der Waals surface area contributed by atoms with Crippen molar-refractivity contribution in [1.82, 2.24) is 9.21 Å². The number of amides is 1. The lowest BCUT2D eigenvalue weighted by atomic mass is 9.82. The molecule has 0 spiro atoms. The predicted octanol–water partition coefficient (Wildman–Crippen LogP) is 1.76. The van der Waals surface area contributed by atoms with Crippen LogP contribution in [0.3, 0.4) is 0 Å². The molecule has 2 bridgehead atoms. The number of piperazine rings is 1. The third-order valence-electron chi connectivity index (χ3n) is 5.72. The standard InChI is InChI=1S/C17H19ClN2O5S2/c18-12-3-4-13(26-12)27(24,25)20-7-5-19(6-8-20)16(21)14-10-1-2-11(9-10)15(14)17(22)23/h1-4,10-11,14-15H,5-9H2,(H,22,23)/t10-,11-,14-,15-/m0/s1. The number of nitrogens with zero attached hydrogens (tertiary/aromatic N) is 2. The molecule has 10 heteroatoms. The molecular weight excluding hydrogens is 412 g/mol. The van der Waals surface area contributed by atoms with Crippen molar-refractivity contribution in [3.8, 4) is 0 Å². The second-order valence-electron chi connectivity index (χ2n) is 7.13. The van der Waals surface area contributed by atoms with Crippen molar-refractivity contribution in [2.75, 3.05) is 26.2 Å². The van der Waals surface area contributed by atoms with E-state index in [9.17, 15) is 23.1 Å². The van der Waals surface area contributed by atoms with Gasteiger partial charge in [-0.05, 0) is 30.4 Å². The minimum absolute atomic E-state index is 0.0291. The molecule has 4 rings (SSSR count). The molecule has 1 N–H and O–H groups in total. The van der Waals surface area contributed by atoms with E-state index in [1.807, 2.05) is 12.2 Å². The Balaban J connectivity index is 1.44. The van der Waals surface area contributed by atoms with Gasteiger partial charge in [0.25, 0.3) is 10.0 Å². The van der Waals surface area contributed by atoms with Crippen molar-refractivity contribution in [2.24, 2.45) is 23.7 Å². The van der Waals surface area contributed by atoms with Gasteiger partial charge in [0.15, 0.2) is 0 Å². The normalized spacial score (nSPS) is 30.8. The van der Waals surface area contributed by atoms with Gasteiger partial charge < -0.3 is 10.0 Å². The van der Waals surface area contributed by atoms with E-state index in [0.29, 0.717) is 10.8 Å². The van der Waals surface area contributed by atoms with Crippen LogP contribution in [0, 0.1) is 23.7 Å². The lowest BCUT2D eigenvalue weighted by molar-refractivity contribution is -0.151. The van der Waals surface area contributed by atoms with Gasteiger partial charge in [-0.1, -0.05) is 23.8 Å². The number of carboxylic acid groups (broad SMARTS) is 1. The van der Waals surface area contributed by atoms with Crippen molar-refractivity contribution < 1.29 is 23.1 Å². The highest BCUT2D eigenvalue weighted by Gasteiger charge is 2.52. The number of carboxylic acids is 1. The van der Waals surface area contributed by atoms with E-state index in [4.69, 9.17) is 11.6 Å². The molecule has 1 saturated heterocycles. The van der Waals surface area contributed by atoms with Crippen LogP contribution >= 0.6 is 22.9 Å². The number of hydrogen-bond acceptors (Lipinski definition) is 5. The van der Waals surface area contributed by atoms with Crippen molar-refractivity contribution in [1.29, 1.82) is 0 Å². The molecule has 1 aromatic heterocycles. The summed E-state index contributed by atoms with van der Waals surface area (Å²) >= 11 is 6.85. The Morgan fingerprint density at radius 3 is 2.26 bits per heavy atom. The highest BCUT2D eigenvalue weighted by atomic mass is 35.5. The van der Waals surface area contributed by atoms with Crippen LogP contribution in [0.1, 0.15) is 6.42 Å². The largest absolute Gasteiger partial charge is 0.481 e. The zero-order chi connectivity index (χ0) is 19.3. The first kappa shape index (κ1) is 18.9. The van der Waals surface area contributed by atoms with Gasteiger partial charge in [0, 0.05) is 26.2 Å². The number of aliphatic carboxylic acids is 1.